The number of hydrogen-bond donors (Lipinski definition) is 1. The minimum absolute atomic E-state index is 0.0396. The number of hydrogen-bond acceptors (Lipinski definition) is 4. The molecule has 6 nitrogen and oxygen atoms in total. The zero-order valence-corrected chi connectivity index (χ0v) is 16.1. The Morgan fingerprint density at radius 1 is 1.28 bits per heavy atom. The van der Waals surface area contributed by atoms with Crippen molar-refractivity contribution in [1.82, 2.24) is 10.2 Å². The normalized spacial score (nSPS) is 18.8. The second-order valence-corrected chi connectivity index (χ2v) is 9.04. The molecule has 1 aromatic rings. The Kier molecular flexibility index (Phi) is 6.71. The molecule has 9 heteroatoms. The molecule has 0 spiro atoms. The van der Waals surface area contributed by atoms with Gasteiger partial charge in [-0.05, 0) is 31.0 Å². The Hall–Kier alpha value is -1.31. The van der Waals surface area contributed by atoms with Gasteiger partial charge in [0.1, 0.15) is 0 Å². The first-order chi connectivity index (χ1) is 11.7. The van der Waals surface area contributed by atoms with Gasteiger partial charge in [-0.3, -0.25) is 9.59 Å². The maximum Gasteiger partial charge on any atom is 0.239 e. The summed E-state index contributed by atoms with van der Waals surface area (Å²) in [4.78, 5) is 25.9. The van der Waals surface area contributed by atoms with Crippen LogP contribution in [0.15, 0.2) is 18.2 Å². The number of rotatable bonds is 6. The number of sulfone groups is 1. The summed E-state index contributed by atoms with van der Waals surface area (Å²) in [6.45, 7) is 2.05. The van der Waals surface area contributed by atoms with Gasteiger partial charge in [0.15, 0.2) is 9.84 Å². The van der Waals surface area contributed by atoms with E-state index in [0.29, 0.717) is 28.6 Å². The summed E-state index contributed by atoms with van der Waals surface area (Å²) < 4.78 is 22.9. The standard InChI is InChI=1S/C16H20Cl2N2O4S/c1-2-20(9-15(21)19-12-5-6-25(23,24)10-12)16(22)8-11-3-4-13(17)14(18)7-11/h3-4,7,12H,2,5-6,8-10H2,1H3,(H,19,21). The predicted octanol–water partition coefficient (Wildman–Crippen LogP) is 1.69. The number of carbonyl (C=O) groups excluding carboxylic acids is 2. The Morgan fingerprint density at radius 3 is 2.56 bits per heavy atom. The van der Waals surface area contributed by atoms with Gasteiger partial charge in [0, 0.05) is 12.6 Å². The lowest BCUT2D eigenvalue weighted by molar-refractivity contribution is -0.135. The van der Waals surface area contributed by atoms with Crippen molar-refractivity contribution in [2.75, 3.05) is 24.6 Å². The topological polar surface area (TPSA) is 83.6 Å². The van der Waals surface area contributed by atoms with Crippen LogP contribution in [-0.2, 0) is 25.8 Å². The van der Waals surface area contributed by atoms with E-state index in [1.54, 1.807) is 25.1 Å². The number of carbonyl (C=O) groups is 2. The van der Waals surface area contributed by atoms with Crippen molar-refractivity contribution in [3.05, 3.63) is 33.8 Å². The molecule has 0 bridgehead atoms. The summed E-state index contributed by atoms with van der Waals surface area (Å²) in [5, 5.41) is 3.47. The Bertz CT molecular complexity index is 767. The van der Waals surface area contributed by atoms with Crippen molar-refractivity contribution < 1.29 is 18.0 Å². The molecule has 0 saturated carbocycles. The van der Waals surface area contributed by atoms with Gasteiger partial charge >= 0.3 is 0 Å². The highest BCUT2D eigenvalue weighted by Crippen LogP contribution is 2.23. The van der Waals surface area contributed by atoms with Crippen LogP contribution in [0.25, 0.3) is 0 Å². The van der Waals surface area contributed by atoms with Gasteiger partial charge in [0.25, 0.3) is 0 Å². The molecule has 0 radical (unpaired) electrons. The van der Waals surface area contributed by atoms with E-state index in [1.165, 1.54) is 4.90 Å². The van der Waals surface area contributed by atoms with Crippen LogP contribution in [-0.4, -0.2) is 55.8 Å². The highest BCUT2D eigenvalue weighted by atomic mass is 35.5. The van der Waals surface area contributed by atoms with Gasteiger partial charge < -0.3 is 10.2 Å². The highest BCUT2D eigenvalue weighted by Gasteiger charge is 2.29. The maximum absolute atomic E-state index is 12.4. The van der Waals surface area contributed by atoms with E-state index in [1.807, 2.05) is 0 Å². The molecule has 2 amide bonds. The molecule has 1 N–H and O–H groups in total. The van der Waals surface area contributed by atoms with Gasteiger partial charge in [0.05, 0.1) is 34.5 Å². The molecule has 1 aromatic carbocycles. The van der Waals surface area contributed by atoms with Gasteiger partial charge in [-0.15, -0.1) is 0 Å². The first-order valence-electron chi connectivity index (χ1n) is 7.91. The second-order valence-electron chi connectivity index (χ2n) is 6.00. The fourth-order valence-corrected chi connectivity index (χ4v) is 4.66. The summed E-state index contributed by atoms with van der Waals surface area (Å²) in [6.07, 6.45) is 0.521. The van der Waals surface area contributed by atoms with Crippen LogP contribution in [0.2, 0.25) is 10.0 Å². The van der Waals surface area contributed by atoms with Crippen molar-refractivity contribution in [3.63, 3.8) is 0 Å². The average molecular weight is 407 g/mol. The number of halogens is 2. The van der Waals surface area contributed by atoms with Crippen molar-refractivity contribution in [2.24, 2.45) is 0 Å². The molecule has 1 unspecified atom stereocenters. The number of nitrogens with one attached hydrogen (secondary N) is 1. The third-order valence-electron chi connectivity index (χ3n) is 4.01. The average Bonchev–Trinajstić information content (AvgIpc) is 2.87. The van der Waals surface area contributed by atoms with Crippen molar-refractivity contribution in [1.29, 1.82) is 0 Å². The molecule has 1 fully saturated rings. The van der Waals surface area contributed by atoms with Crippen LogP contribution in [0.4, 0.5) is 0 Å². The number of amides is 2. The molecule has 2 rings (SSSR count). The Balaban J connectivity index is 1.90. The second kappa shape index (κ2) is 8.38. The zero-order chi connectivity index (χ0) is 18.6. The molecule has 1 heterocycles. The summed E-state index contributed by atoms with van der Waals surface area (Å²) in [6, 6.07) is 4.58. The molecule has 0 aromatic heterocycles. The summed E-state index contributed by atoms with van der Waals surface area (Å²) in [5.74, 6) is -0.519. The molecular weight excluding hydrogens is 387 g/mol. The van der Waals surface area contributed by atoms with Crippen LogP contribution >= 0.6 is 23.2 Å². The van der Waals surface area contributed by atoms with Crippen LogP contribution < -0.4 is 5.32 Å². The molecule has 0 aliphatic carbocycles. The third kappa shape index (κ3) is 5.87. The summed E-state index contributed by atoms with van der Waals surface area (Å²) >= 11 is 11.8. The van der Waals surface area contributed by atoms with E-state index >= 15 is 0 Å². The summed E-state index contributed by atoms with van der Waals surface area (Å²) in [5.41, 5.74) is 0.708. The molecule has 138 valence electrons. The SMILES string of the molecule is CCN(CC(=O)NC1CCS(=O)(=O)C1)C(=O)Cc1ccc(Cl)c(Cl)c1. The number of nitrogens with zero attached hydrogens (tertiary/aromatic N) is 1. The van der Waals surface area contributed by atoms with Crippen LogP contribution in [0.1, 0.15) is 18.9 Å². The molecule has 1 saturated heterocycles. The Labute approximate surface area is 157 Å². The summed E-state index contributed by atoms with van der Waals surface area (Å²) in [7, 11) is -3.06. The van der Waals surface area contributed by atoms with Crippen molar-refractivity contribution >= 4 is 44.9 Å². The fourth-order valence-electron chi connectivity index (χ4n) is 2.67. The highest BCUT2D eigenvalue weighted by molar-refractivity contribution is 7.91. The minimum Gasteiger partial charge on any atom is -0.351 e. The van der Waals surface area contributed by atoms with Gasteiger partial charge in [-0.25, -0.2) is 8.42 Å². The van der Waals surface area contributed by atoms with E-state index in [9.17, 15) is 18.0 Å². The monoisotopic (exact) mass is 406 g/mol. The van der Waals surface area contributed by atoms with Gasteiger partial charge in [-0.1, -0.05) is 29.3 Å². The van der Waals surface area contributed by atoms with Crippen LogP contribution in [0.3, 0.4) is 0 Å². The quantitative estimate of drug-likeness (QED) is 0.778. The van der Waals surface area contributed by atoms with Crippen LogP contribution in [0, 0.1) is 0 Å². The van der Waals surface area contributed by atoms with Gasteiger partial charge in [0.2, 0.25) is 11.8 Å². The van der Waals surface area contributed by atoms with E-state index in [4.69, 9.17) is 23.2 Å². The minimum atomic E-state index is -3.06. The maximum atomic E-state index is 12.4. The van der Waals surface area contributed by atoms with Gasteiger partial charge in [-0.2, -0.15) is 0 Å². The third-order valence-corrected chi connectivity index (χ3v) is 6.51. The van der Waals surface area contributed by atoms with E-state index in [-0.39, 0.29) is 42.3 Å². The van der Waals surface area contributed by atoms with Crippen molar-refractivity contribution in [3.8, 4) is 0 Å². The molecule has 1 aliphatic heterocycles. The van der Waals surface area contributed by atoms with E-state index in [0.717, 1.165) is 0 Å². The van der Waals surface area contributed by atoms with Crippen molar-refractivity contribution in [2.45, 2.75) is 25.8 Å². The molecule has 1 atom stereocenters. The predicted molar refractivity (Wildman–Crippen MR) is 97.6 cm³/mol. The first-order valence-corrected chi connectivity index (χ1v) is 10.5. The molecular formula is C16H20Cl2N2O4S. The lowest BCUT2D eigenvalue weighted by Gasteiger charge is -2.21. The van der Waals surface area contributed by atoms with E-state index < -0.39 is 9.84 Å². The lowest BCUT2D eigenvalue weighted by Crippen LogP contribution is -2.45. The molecule has 25 heavy (non-hydrogen) atoms. The number of likely N-dealkylation sites (N-methyl/N-ethyl adjacent to an activating group) is 1. The largest absolute Gasteiger partial charge is 0.351 e. The molecule has 1 aliphatic rings. The lowest BCUT2D eigenvalue weighted by atomic mass is 10.1. The smallest absolute Gasteiger partial charge is 0.239 e. The van der Waals surface area contributed by atoms with E-state index in [2.05, 4.69) is 5.32 Å². The first kappa shape index (κ1) is 20.0. The fraction of sp³-hybridized carbons (Fsp3) is 0.500. The van der Waals surface area contributed by atoms with Crippen LogP contribution in [0.5, 0.6) is 0 Å². The Morgan fingerprint density at radius 2 is 2.00 bits per heavy atom. The number of benzene rings is 1. The zero-order valence-electron chi connectivity index (χ0n) is 13.8.